The monoisotopic (exact) mass is 277 g/mol. The Labute approximate surface area is 122 Å². The van der Waals surface area contributed by atoms with Crippen LogP contribution in [0.5, 0.6) is 0 Å². The molecule has 0 aromatic rings. The molecule has 0 spiro atoms. The molecule has 4 atom stereocenters. The van der Waals surface area contributed by atoms with Gasteiger partial charge in [-0.2, -0.15) is 0 Å². The maximum Gasteiger partial charge on any atom is 0.105 e. The number of rotatable bonds is 3. The molecular formula is C17H27NO2. The van der Waals surface area contributed by atoms with Crippen LogP contribution < -0.4 is 0 Å². The average Bonchev–Trinajstić information content (AvgIpc) is 3.23. The minimum Gasteiger partial charge on any atom is -0.388 e. The summed E-state index contributed by atoms with van der Waals surface area (Å²) >= 11 is 0. The van der Waals surface area contributed by atoms with Crippen LogP contribution in [0, 0.1) is 5.92 Å². The first kappa shape index (κ1) is 14.3. The lowest BCUT2D eigenvalue weighted by Crippen LogP contribution is -2.48. The lowest BCUT2D eigenvalue weighted by atomic mass is 9.88. The van der Waals surface area contributed by atoms with Crippen molar-refractivity contribution < 1.29 is 10.2 Å². The van der Waals surface area contributed by atoms with Gasteiger partial charge in [-0.15, -0.1) is 0 Å². The van der Waals surface area contributed by atoms with Gasteiger partial charge >= 0.3 is 0 Å². The second-order valence-electron chi connectivity index (χ2n) is 7.02. The maximum absolute atomic E-state index is 10.6. The van der Waals surface area contributed by atoms with E-state index in [2.05, 4.69) is 30.1 Å². The van der Waals surface area contributed by atoms with E-state index < -0.39 is 11.7 Å². The van der Waals surface area contributed by atoms with Crippen LogP contribution in [0.4, 0.5) is 0 Å². The minimum absolute atomic E-state index is 0.0425. The first-order chi connectivity index (χ1) is 9.50. The van der Waals surface area contributed by atoms with Crippen molar-refractivity contribution >= 4 is 0 Å². The predicted octanol–water partition coefficient (Wildman–Crippen LogP) is 2.25. The van der Waals surface area contributed by atoms with Crippen molar-refractivity contribution in [2.24, 2.45) is 5.92 Å². The summed E-state index contributed by atoms with van der Waals surface area (Å²) < 4.78 is 0. The number of nitrogens with zero attached hydrogens (tertiary/aromatic N) is 1. The van der Waals surface area contributed by atoms with Crippen LogP contribution >= 0.6 is 0 Å². The summed E-state index contributed by atoms with van der Waals surface area (Å²) in [5.74, 6) is 0.776. The third-order valence-corrected chi connectivity index (χ3v) is 5.21. The van der Waals surface area contributed by atoms with Gasteiger partial charge in [0.15, 0.2) is 0 Å². The van der Waals surface area contributed by atoms with Gasteiger partial charge in [0.25, 0.3) is 0 Å². The van der Waals surface area contributed by atoms with Crippen molar-refractivity contribution in [1.29, 1.82) is 0 Å². The standard InChI is InChI=1S/C17H27NO2/c1-12(6-7-13-8-9-13)11-14-16(19)17(2,20)15-5-3-4-10-18(14)15/h6-7,11,13-16,19-20H,3-5,8-10H2,1-2H3/b7-6+,12-11+/t14-,15+,16-,17-/m0/s1. The molecule has 3 aliphatic rings. The van der Waals surface area contributed by atoms with E-state index in [1.807, 2.05) is 0 Å². The van der Waals surface area contributed by atoms with Crippen molar-refractivity contribution in [2.45, 2.75) is 69.7 Å². The molecule has 3 fully saturated rings. The zero-order chi connectivity index (χ0) is 14.3. The summed E-state index contributed by atoms with van der Waals surface area (Å²) in [4.78, 5) is 2.31. The van der Waals surface area contributed by atoms with Crippen LogP contribution in [-0.4, -0.2) is 45.4 Å². The fraction of sp³-hybridized carbons (Fsp3) is 0.765. The van der Waals surface area contributed by atoms with Crippen LogP contribution in [0.1, 0.15) is 46.0 Å². The van der Waals surface area contributed by atoms with E-state index in [0.717, 1.165) is 25.3 Å². The third kappa shape index (κ3) is 2.59. The van der Waals surface area contributed by atoms with Crippen molar-refractivity contribution in [3.63, 3.8) is 0 Å². The summed E-state index contributed by atoms with van der Waals surface area (Å²) in [6, 6.07) is 0.0619. The zero-order valence-electron chi connectivity index (χ0n) is 12.6. The first-order valence-corrected chi connectivity index (χ1v) is 8.03. The lowest BCUT2D eigenvalue weighted by Gasteiger charge is -2.36. The summed E-state index contributed by atoms with van der Waals surface area (Å²) in [6.45, 7) is 4.88. The molecule has 1 saturated carbocycles. The van der Waals surface area contributed by atoms with Gasteiger partial charge in [0.2, 0.25) is 0 Å². The van der Waals surface area contributed by atoms with E-state index in [1.54, 1.807) is 6.92 Å². The Bertz CT molecular complexity index is 423. The van der Waals surface area contributed by atoms with E-state index in [-0.39, 0.29) is 12.1 Å². The lowest BCUT2D eigenvalue weighted by molar-refractivity contribution is -0.0573. The Kier molecular flexibility index (Phi) is 3.78. The molecule has 3 heteroatoms. The molecule has 0 amide bonds. The van der Waals surface area contributed by atoms with Crippen LogP contribution in [0.2, 0.25) is 0 Å². The van der Waals surface area contributed by atoms with Crippen LogP contribution in [0.3, 0.4) is 0 Å². The van der Waals surface area contributed by atoms with Crippen molar-refractivity contribution in [1.82, 2.24) is 4.90 Å². The normalized spacial score (nSPS) is 43.2. The molecule has 0 aromatic carbocycles. The van der Waals surface area contributed by atoms with Gasteiger partial charge in [-0.25, -0.2) is 0 Å². The zero-order valence-corrected chi connectivity index (χ0v) is 12.6. The van der Waals surface area contributed by atoms with Crippen molar-refractivity contribution in [3.05, 3.63) is 23.8 Å². The number of aliphatic hydroxyl groups excluding tert-OH is 1. The topological polar surface area (TPSA) is 43.7 Å². The highest BCUT2D eigenvalue weighted by molar-refractivity contribution is 5.25. The predicted molar refractivity (Wildman–Crippen MR) is 80.4 cm³/mol. The highest BCUT2D eigenvalue weighted by atomic mass is 16.3. The molecule has 0 bridgehead atoms. The van der Waals surface area contributed by atoms with E-state index in [0.29, 0.717) is 0 Å². The van der Waals surface area contributed by atoms with Gasteiger partial charge in [0, 0.05) is 6.04 Å². The van der Waals surface area contributed by atoms with E-state index in [1.165, 1.54) is 24.8 Å². The second kappa shape index (κ2) is 5.28. The highest BCUT2D eigenvalue weighted by Crippen LogP contribution is 2.40. The summed E-state index contributed by atoms with van der Waals surface area (Å²) in [5, 5.41) is 21.2. The molecule has 2 N–H and O–H groups in total. The molecule has 1 aliphatic carbocycles. The Balaban J connectivity index is 1.78. The molecule has 0 unspecified atom stereocenters. The van der Waals surface area contributed by atoms with Gasteiger partial charge in [-0.05, 0) is 52.0 Å². The van der Waals surface area contributed by atoms with Crippen molar-refractivity contribution in [3.8, 4) is 0 Å². The van der Waals surface area contributed by atoms with Gasteiger partial charge in [0.05, 0.1) is 6.04 Å². The second-order valence-corrected chi connectivity index (χ2v) is 7.02. The minimum atomic E-state index is -0.984. The molecular weight excluding hydrogens is 250 g/mol. The average molecular weight is 277 g/mol. The SMILES string of the molecule is CC(/C=C/C1CC1)=C\[C@H]1[C@H](O)[C@@](C)(O)[C@H]2CCCCN12. The number of hydrogen-bond donors (Lipinski definition) is 2. The molecule has 2 heterocycles. The summed E-state index contributed by atoms with van der Waals surface area (Å²) in [7, 11) is 0. The fourth-order valence-electron chi connectivity index (χ4n) is 3.75. The van der Waals surface area contributed by atoms with E-state index >= 15 is 0 Å². The molecule has 0 aromatic heterocycles. The molecule has 0 radical (unpaired) electrons. The fourth-order valence-corrected chi connectivity index (χ4v) is 3.75. The van der Waals surface area contributed by atoms with Crippen LogP contribution in [-0.2, 0) is 0 Å². The smallest absolute Gasteiger partial charge is 0.105 e. The number of piperidine rings is 1. The van der Waals surface area contributed by atoms with Crippen molar-refractivity contribution in [2.75, 3.05) is 6.54 Å². The van der Waals surface area contributed by atoms with Crippen LogP contribution in [0.15, 0.2) is 23.8 Å². The van der Waals surface area contributed by atoms with E-state index in [4.69, 9.17) is 0 Å². The maximum atomic E-state index is 10.6. The molecule has 20 heavy (non-hydrogen) atoms. The summed E-state index contributed by atoms with van der Waals surface area (Å²) in [5.41, 5.74) is 0.213. The Morgan fingerprint density at radius 3 is 2.70 bits per heavy atom. The molecule has 2 saturated heterocycles. The quantitative estimate of drug-likeness (QED) is 0.778. The molecule has 112 valence electrons. The Morgan fingerprint density at radius 2 is 2.00 bits per heavy atom. The largest absolute Gasteiger partial charge is 0.388 e. The first-order valence-electron chi connectivity index (χ1n) is 8.03. The Hall–Kier alpha value is -0.640. The Morgan fingerprint density at radius 1 is 1.25 bits per heavy atom. The van der Waals surface area contributed by atoms with Gasteiger partial charge in [-0.1, -0.05) is 30.2 Å². The number of hydrogen-bond acceptors (Lipinski definition) is 3. The van der Waals surface area contributed by atoms with Crippen LogP contribution in [0.25, 0.3) is 0 Å². The molecule has 3 rings (SSSR count). The van der Waals surface area contributed by atoms with Gasteiger partial charge in [0.1, 0.15) is 11.7 Å². The van der Waals surface area contributed by atoms with Gasteiger partial charge < -0.3 is 10.2 Å². The summed E-state index contributed by atoms with van der Waals surface area (Å²) in [6.07, 6.45) is 11.9. The third-order valence-electron chi connectivity index (χ3n) is 5.21. The number of fused-ring (bicyclic) bond motifs is 1. The van der Waals surface area contributed by atoms with E-state index in [9.17, 15) is 10.2 Å². The number of aliphatic hydroxyl groups is 2. The number of allylic oxidation sites excluding steroid dienone is 3. The van der Waals surface area contributed by atoms with Gasteiger partial charge in [-0.3, -0.25) is 4.90 Å². The molecule has 2 aliphatic heterocycles. The molecule has 3 nitrogen and oxygen atoms in total. The highest BCUT2D eigenvalue weighted by Gasteiger charge is 2.54.